The highest BCUT2D eigenvalue weighted by molar-refractivity contribution is 7.08. The highest BCUT2D eigenvalue weighted by atomic mass is 32.1. The van der Waals surface area contributed by atoms with Gasteiger partial charge in [-0.15, -0.1) is 5.10 Å². The number of nitrogen functional groups attached to an aromatic ring is 1. The van der Waals surface area contributed by atoms with Gasteiger partial charge in [0, 0.05) is 12.7 Å². The Morgan fingerprint density at radius 1 is 1.50 bits per heavy atom. The average molecular weight is 290 g/mol. The molecule has 6 heteroatoms. The number of nitrogens with two attached hydrogens (primary N) is 1. The first kappa shape index (κ1) is 14.5. The van der Waals surface area contributed by atoms with Crippen molar-refractivity contribution in [1.29, 1.82) is 0 Å². The van der Waals surface area contributed by atoms with Gasteiger partial charge in [0.1, 0.15) is 4.88 Å². The molecule has 1 unspecified atom stereocenters. The van der Waals surface area contributed by atoms with Crippen molar-refractivity contribution in [1.82, 2.24) is 14.5 Å². The summed E-state index contributed by atoms with van der Waals surface area (Å²) in [5.41, 5.74) is 8.26. The van der Waals surface area contributed by atoms with Crippen molar-refractivity contribution < 1.29 is 4.79 Å². The van der Waals surface area contributed by atoms with Gasteiger partial charge in [-0.25, -0.2) is 0 Å². The van der Waals surface area contributed by atoms with Crippen LogP contribution < -0.4 is 5.73 Å². The second-order valence-corrected chi connectivity index (χ2v) is 5.42. The van der Waals surface area contributed by atoms with Crippen molar-refractivity contribution in [2.45, 2.75) is 26.3 Å². The van der Waals surface area contributed by atoms with Crippen molar-refractivity contribution in [2.75, 3.05) is 12.8 Å². The summed E-state index contributed by atoms with van der Waals surface area (Å²) in [6.07, 6.45) is 0.706. The monoisotopic (exact) mass is 290 g/mol. The molecule has 1 atom stereocenters. The van der Waals surface area contributed by atoms with Crippen molar-refractivity contribution in [2.24, 2.45) is 0 Å². The molecule has 5 nitrogen and oxygen atoms in total. The van der Waals surface area contributed by atoms with Crippen molar-refractivity contribution >= 4 is 23.1 Å². The lowest BCUT2D eigenvalue weighted by molar-refractivity contribution is 0.0746. The van der Waals surface area contributed by atoms with Crippen LogP contribution in [-0.4, -0.2) is 27.4 Å². The third kappa shape index (κ3) is 2.80. The first-order chi connectivity index (χ1) is 9.54. The summed E-state index contributed by atoms with van der Waals surface area (Å²) in [5.74, 6) is -0.0493. The largest absolute Gasteiger partial charge is 0.399 e. The van der Waals surface area contributed by atoms with Crippen LogP contribution in [0.3, 0.4) is 0 Å². The molecule has 1 heterocycles. The maximum atomic E-state index is 12.5. The number of benzene rings is 1. The number of aromatic nitrogens is 2. The smallest absolute Gasteiger partial charge is 0.267 e. The van der Waals surface area contributed by atoms with E-state index in [4.69, 9.17) is 5.73 Å². The van der Waals surface area contributed by atoms with E-state index in [1.807, 2.05) is 38.1 Å². The van der Waals surface area contributed by atoms with Crippen LogP contribution in [0.15, 0.2) is 24.3 Å². The maximum absolute atomic E-state index is 12.5. The minimum Gasteiger partial charge on any atom is -0.399 e. The molecule has 1 aromatic heterocycles. The molecule has 0 saturated carbocycles. The number of amides is 1. The Balaban J connectivity index is 2.22. The molecule has 0 aliphatic heterocycles. The topological polar surface area (TPSA) is 72.1 Å². The third-order valence-corrected chi connectivity index (χ3v) is 4.14. The number of anilines is 1. The molecule has 0 saturated heterocycles. The highest BCUT2D eigenvalue weighted by Gasteiger charge is 2.23. The minimum absolute atomic E-state index is 0.0493. The molecule has 2 N–H and O–H groups in total. The fraction of sp³-hybridized carbons (Fsp3) is 0.357. The van der Waals surface area contributed by atoms with Crippen LogP contribution in [0.2, 0.25) is 0 Å². The van der Waals surface area contributed by atoms with Gasteiger partial charge < -0.3 is 10.6 Å². The number of carbonyl (C=O) groups excluding carboxylic acids is 1. The standard InChI is InChI=1S/C14H18N4OS/c1-4-12-13(20-17-16-12)14(19)18(3)9(2)10-6-5-7-11(15)8-10/h5-9H,4,15H2,1-3H3. The zero-order valence-corrected chi connectivity index (χ0v) is 12.6. The third-order valence-electron chi connectivity index (χ3n) is 3.38. The van der Waals surface area contributed by atoms with E-state index >= 15 is 0 Å². The van der Waals surface area contributed by atoms with Gasteiger partial charge >= 0.3 is 0 Å². The first-order valence-corrected chi connectivity index (χ1v) is 7.25. The van der Waals surface area contributed by atoms with Gasteiger partial charge in [0.2, 0.25) is 0 Å². The Morgan fingerprint density at radius 2 is 2.25 bits per heavy atom. The molecule has 0 fully saturated rings. The van der Waals surface area contributed by atoms with Crippen LogP contribution in [0.4, 0.5) is 5.69 Å². The number of carbonyl (C=O) groups is 1. The minimum atomic E-state index is -0.0576. The quantitative estimate of drug-likeness (QED) is 0.878. The molecule has 20 heavy (non-hydrogen) atoms. The fourth-order valence-corrected chi connectivity index (χ4v) is 2.71. The Hall–Kier alpha value is -1.95. The normalized spacial score (nSPS) is 12.2. The predicted molar refractivity (Wildman–Crippen MR) is 80.6 cm³/mol. The zero-order valence-electron chi connectivity index (χ0n) is 11.8. The van der Waals surface area contributed by atoms with Gasteiger partial charge in [0.25, 0.3) is 5.91 Å². The second kappa shape index (κ2) is 6.00. The van der Waals surface area contributed by atoms with Crippen LogP contribution in [0.25, 0.3) is 0 Å². The van der Waals surface area contributed by atoms with Gasteiger partial charge in [0.15, 0.2) is 0 Å². The summed E-state index contributed by atoms with van der Waals surface area (Å²) in [6, 6.07) is 7.53. The Morgan fingerprint density at radius 3 is 2.90 bits per heavy atom. The van der Waals surface area contributed by atoms with E-state index in [1.165, 1.54) is 0 Å². The number of hydrogen-bond acceptors (Lipinski definition) is 5. The van der Waals surface area contributed by atoms with Crippen LogP contribution in [0.5, 0.6) is 0 Å². The molecule has 0 aliphatic rings. The van der Waals surface area contributed by atoms with E-state index in [0.29, 0.717) is 17.0 Å². The van der Waals surface area contributed by atoms with Gasteiger partial charge in [-0.2, -0.15) is 0 Å². The molecular formula is C14H18N4OS. The molecule has 0 bridgehead atoms. The van der Waals surface area contributed by atoms with E-state index in [0.717, 1.165) is 22.8 Å². The van der Waals surface area contributed by atoms with Crippen LogP contribution in [-0.2, 0) is 6.42 Å². The molecule has 1 aromatic carbocycles. The predicted octanol–water partition coefficient (Wildman–Crippen LogP) is 2.52. The van der Waals surface area contributed by atoms with Gasteiger partial charge in [-0.1, -0.05) is 23.5 Å². The van der Waals surface area contributed by atoms with E-state index in [1.54, 1.807) is 11.9 Å². The van der Waals surface area contributed by atoms with E-state index in [2.05, 4.69) is 9.59 Å². The molecular weight excluding hydrogens is 272 g/mol. The van der Waals surface area contributed by atoms with E-state index < -0.39 is 0 Å². The van der Waals surface area contributed by atoms with E-state index in [9.17, 15) is 4.79 Å². The van der Waals surface area contributed by atoms with Crippen molar-refractivity contribution in [3.8, 4) is 0 Å². The summed E-state index contributed by atoms with van der Waals surface area (Å²) in [4.78, 5) is 14.8. The Labute approximate surface area is 122 Å². The lowest BCUT2D eigenvalue weighted by Crippen LogP contribution is -2.29. The summed E-state index contributed by atoms with van der Waals surface area (Å²) in [7, 11) is 1.79. The molecule has 0 aliphatic carbocycles. The number of aryl methyl sites for hydroxylation is 1. The first-order valence-electron chi connectivity index (χ1n) is 6.48. The Kier molecular flexibility index (Phi) is 4.34. The van der Waals surface area contributed by atoms with Gasteiger partial charge in [0.05, 0.1) is 11.7 Å². The zero-order chi connectivity index (χ0) is 14.7. The summed E-state index contributed by atoms with van der Waals surface area (Å²) in [5, 5.41) is 3.99. The molecule has 0 spiro atoms. The molecule has 106 valence electrons. The summed E-state index contributed by atoms with van der Waals surface area (Å²) < 4.78 is 3.87. The molecule has 2 rings (SSSR count). The Bertz CT molecular complexity index is 611. The summed E-state index contributed by atoms with van der Waals surface area (Å²) >= 11 is 1.15. The average Bonchev–Trinajstić information content (AvgIpc) is 2.93. The molecule has 0 radical (unpaired) electrons. The SMILES string of the molecule is CCc1nnsc1C(=O)N(C)C(C)c1cccc(N)c1. The molecule has 1 amide bonds. The van der Waals surface area contributed by atoms with Gasteiger partial charge in [-0.05, 0) is 42.6 Å². The van der Waals surface area contributed by atoms with Crippen LogP contribution >= 0.6 is 11.5 Å². The van der Waals surface area contributed by atoms with Crippen LogP contribution in [0, 0.1) is 0 Å². The number of nitrogens with zero attached hydrogens (tertiary/aromatic N) is 3. The number of rotatable bonds is 4. The van der Waals surface area contributed by atoms with E-state index in [-0.39, 0.29) is 11.9 Å². The lowest BCUT2D eigenvalue weighted by atomic mass is 10.1. The maximum Gasteiger partial charge on any atom is 0.267 e. The lowest BCUT2D eigenvalue weighted by Gasteiger charge is -2.25. The summed E-state index contributed by atoms with van der Waals surface area (Å²) in [6.45, 7) is 3.95. The number of hydrogen-bond donors (Lipinski definition) is 1. The highest BCUT2D eigenvalue weighted by Crippen LogP contribution is 2.24. The fourth-order valence-electron chi connectivity index (χ4n) is 1.98. The molecule has 2 aromatic rings. The van der Waals surface area contributed by atoms with Crippen molar-refractivity contribution in [3.63, 3.8) is 0 Å². The van der Waals surface area contributed by atoms with Gasteiger partial charge in [-0.3, -0.25) is 4.79 Å². The second-order valence-electron chi connectivity index (χ2n) is 4.66. The van der Waals surface area contributed by atoms with Crippen LogP contribution in [0.1, 0.15) is 40.8 Å². The van der Waals surface area contributed by atoms with Crippen molar-refractivity contribution in [3.05, 3.63) is 40.4 Å².